The van der Waals surface area contributed by atoms with Crippen LogP contribution in [0.3, 0.4) is 0 Å². The molecule has 0 aliphatic carbocycles. The van der Waals surface area contributed by atoms with Gasteiger partial charge in [-0.05, 0) is 31.2 Å². The molecule has 2 aromatic rings. The molecule has 0 radical (unpaired) electrons. The van der Waals surface area contributed by atoms with Crippen molar-refractivity contribution >= 4 is 23.2 Å². The van der Waals surface area contributed by atoms with E-state index in [9.17, 15) is 4.79 Å². The van der Waals surface area contributed by atoms with E-state index in [1.54, 1.807) is 24.3 Å². The maximum Gasteiger partial charge on any atom is 0.271 e. The van der Waals surface area contributed by atoms with Crippen molar-refractivity contribution in [3.8, 4) is 17.3 Å². The Bertz CT molecular complexity index is 747. The second-order valence-electron chi connectivity index (χ2n) is 4.13. The summed E-state index contributed by atoms with van der Waals surface area (Å²) < 4.78 is 1.33. The quantitative estimate of drug-likeness (QED) is 0.874. The zero-order valence-electron chi connectivity index (χ0n) is 10.7. The Kier molecular flexibility index (Phi) is 4.43. The molecule has 0 unspecified atom stereocenters. The predicted molar refractivity (Wildman–Crippen MR) is 78.9 cm³/mol. The van der Waals surface area contributed by atoms with Crippen LogP contribution in [0.1, 0.15) is 12.5 Å². The summed E-state index contributed by atoms with van der Waals surface area (Å²) in [5.74, 6) is 0. The highest BCUT2D eigenvalue weighted by Crippen LogP contribution is 2.28. The SMILES string of the molecule is CCn1nc(-c2ccc(Cl)cc2Cl)cc(CC#N)c1=O. The zero-order chi connectivity index (χ0) is 14.7. The van der Waals surface area contributed by atoms with Gasteiger partial charge in [0.15, 0.2) is 0 Å². The predicted octanol–water partition coefficient (Wildman–Crippen LogP) is 3.30. The van der Waals surface area contributed by atoms with E-state index in [1.807, 2.05) is 13.0 Å². The first-order chi connectivity index (χ1) is 9.56. The number of benzene rings is 1. The van der Waals surface area contributed by atoms with Gasteiger partial charge in [0.1, 0.15) is 0 Å². The van der Waals surface area contributed by atoms with Gasteiger partial charge in [0.2, 0.25) is 0 Å². The minimum Gasteiger partial charge on any atom is -0.267 e. The van der Waals surface area contributed by atoms with Crippen molar-refractivity contribution < 1.29 is 0 Å². The summed E-state index contributed by atoms with van der Waals surface area (Å²) in [6.45, 7) is 2.24. The van der Waals surface area contributed by atoms with Crippen molar-refractivity contribution in [2.75, 3.05) is 0 Å². The lowest BCUT2D eigenvalue weighted by Crippen LogP contribution is -2.25. The van der Waals surface area contributed by atoms with Crippen LogP contribution in [0.15, 0.2) is 29.1 Å². The Morgan fingerprint density at radius 1 is 1.35 bits per heavy atom. The standard InChI is InChI=1S/C14H11Cl2N3O/c1-2-19-14(20)9(5-6-17)7-13(18-19)11-4-3-10(15)8-12(11)16/h3-4,7-8H,2,5H2,1H3. The molecular weight excluding hydrogens is 297 g/mol. The van der Waals surface area contributed by atoms with E-state index < -0.39 is 0 Å². The van der Waals surface area contributed by atoms with Crippen LogP contribution in [0.2, 0.25) is 10.0 Å². The highest BCUT2D eigenvalue weighted by Gasteiger charge is 2.11. The van der Waals surface area contributed by atoms with Crippen molar-refractivity contribution in [3.05, 3.63) is 50.2 Å². The van der Waals surface area contributed by atoms with Gasteiger partial charge in [0, 0.05) is 22.7 Å². The van der Waals surface area contributed by atoms with Crippen LogP contribution in [0.5, 0.6) is 0 Å². The zero-order valence-corrected chi connectivity index (χ0v) is 12.2. The number of hydrogen-bond donors (Lipinski definition) is 0. The third-order valence-electron chi connectivity index (χ3n) is 2.82. The van der Waals surface area contributed by atoms with E-state index in [4.69, 9.17) is 28.5 Å². The molecule has 0 aliphatic heterocycles. The Labute approximate surface area is 126 Å². The molecule has 0 aliphatic rings. The Hall–Kier alpha value is -1.83. The molecule has 4 nitrogen and oxygen atoms in total. The van der Waals surface area contributed by atoms with Crippen LogP contribution < -0.4 is 5.56 Å². The summed E-state index contributed by atoms with van der Waals surface area (Å²) in [6, 6.07) is 8.65. The van der Waals surface area contributed by atoms with Crippen LogP contribution in [0.4, 0.5) is 0 Å². The Morgan fingerprint density at radius 2 is 2.10 bits per heavy atom. The van der Waals surface area contributed by atoms with E-state index in [0.717, 1.165) is 0 Å². The summed E-state index contributed by atoms with van der Waals surface area (Å²) in [7, 11) is 0. The summed E-state index contributed by atoms with van der Waals surface area (Å²) >= 11 is 12.0. The summed E-state index contributed by atoms with van der Waals surface area (Å²) in [4.78, 5) is 12.0. The number of aromatic nitrogens is 2. The Balaban J connectivity index is 2.65. The molecule has 0 spiro atoms. The molecule has 0 saturated carbocycles. The summed E-state index contributed by atoms with van der Waals surface area (Å²) in [6.07, 6.45) is 0.0412. The van der Waals surface area contributed by atoms with Crippen LogP contribution in [0.25, 0.3) is 11.3 Å². The highest BCUT2D eigenvalue weighted by molar-refractivity contribution is 6.36. The average Bonchev–Trinajstić information content (AvgIpc) is 2.41. The molecule has 0 atom stereocenters. The maximum absolute atomic E-state index is 12.0. The number of hydrogen-bond acceptors (Lipinski definition) is 3. The third kappa shape index (κ3) is 2.84. The van der Waals surface area contributed by atoms with E-state index in [0.29, 0.717) is 33.4 Å². The van der Waals surface area contributed by atoms with E-state index in [-0.39, 0.29) is 12.0 Å². The van der Waals surface area contributed by atoms with Gasteiger partial charge in [-0.3, -0.25) is 4.79 Å². The summed E-state index contributed by atoms with van der Waals surface area (Å²) in [5, 5.41) is 14.0. The highest BCUT2D eigenvalue weighted by atomic mass is 35.5. The molecule has 0 amide bonds. The second-order valence-corrected chi connectivity index (χ2v) is 4.98. The molecule has 20 heavy (non-hydrogen) atoms. The van der Waals surface area contributed by atoms with Gasteiger partial charge in [0.25, 0.3) is 5.56 Å². The first-order valence-electron chi connectivity index (χ1n) is 6.00. The second kappa shape index (κ2) is 6.08. The van der Waals surface area contributed by atoms with E-state index >= 15 is 0 Å². The van der Waals surface area contributed by atoms with Crippen molar-refractivity contribution in [1.29, 1.82) is 5.26 Å². The number of halogens is 2. The van der Waals surface area contributed by atoms with Gasteiger partial charge in [-0.1, -0.05) is 23.2 Å². The number of nitriles is 1. The smallest absolute Gasteiger partial charge is 0.267 e. The molecule has 0 N–H and O–H groups in total. The normalized spacial score (nSPS) is 10.3. The molecular formula is C14H11Cl2N3O. The fourth-order valence-corrected chi connectivity index (χ4v) is 2.36. The monoisotopic (exact) mass is 307 g/mol. The van der Waals surface area contributed by atoms with Gasteiger partial charge in [-0.15, -0.1) is 0 Å². The van der Waals surface area contributed by atoms with Crippen LogP contribution >= 0.6 is 23.2 Å². The molecule has 2 rings (SSSR count). The number of aryl methyl sites for hydroxylation is 1. The first-order valence-corrected chi connectivity index (χ1v) is 6.75. The summed E-state index contributed by atoms with van der Waals surface area (Å²) in [5.41, 5.74) is 1.39. The average molecular weight is 308 g/mol. The van der Waals surface area contributed by atoms with Crippen molar-refractivity contribution in [2.45, 2.75) is 19.9 Å². The molecule has 0 fully saturated rings. The lowest BCUT2D eigenvalue weighted by molar-refractivity contribution is 0.613. The van der Waals surface area contributed by atoms with Gasteiger partial charge in [-0.2, -0.15) is 10.4 Å². The minimum absolute atomic E-state index is 0.0412. The molecule has 6 heteroatoms. The lowest BCUT2D eigenvalue weighted by Gasteiger charge is -2.09. The largest absolute Gasteiger partial charge is 0.271 e. The van der Waals surface area contributed by atoms with E-state index in [1.165, 1.54) is 4.68 Å². The molecule has 0 bridgehead atoms. The van der Waals surface area contributed by atoms with Crippen molar-refractivity contribution in [1.82, 2.24) is 9.78 Å². The van der Waals surface area contributed by atoms with Gasteiger partial charge < -0.3 is 0 Å². The molecule has 1 aromatic heterocycles. The molecule has 1 heterocycles. The fraction of sp³-hybridized carbons (Fsp3) is 0.214. The van der Waals surface area contributed by atoms with Crippen LogP contribution in [0, 0.1) is 11.3 Å². The van der Waals surface area contributed by atoms with Crippen molar-refractivity contribution in [2.24, 2.45) is 0 Å². The third-order valence-corrected chi connectivity index (χ3v) is 3.37. The first kappa shape index (κ1) is 14.6. The maximum atomic E-state index is 12.0. The molecule has 0 saturated heterocycles. The number of nitrogens with zero attached hydrogens (tertiary/aromatic N) is 3. The van der Waals surface area contributed by atoms with E-state index in [2.05, 4.69) is 5.10 Å². The Morgan fingerprint density at radius 3 is 2.70 bits per heavy atom. The topological polar surface area (TPSA) is 58.7 Å². The van der Waals surface area contributed by atoms with Crippen LogP contribution in [-0.4, -0.2) is 9.78 Å². The number of rotatable bonds is 3. The van der Waals surface area contributed by atoms with Crippen LogP contribution in [-0.2, 0) is 13.0 Å². The molecule has 102 valence electrons. The lowest BCUT2D eigenvalue weighted by atomic mass is 10.1. The minimum atomic E-state index is -0.247. The fourth-order valence-electron chi connectivity index (χ4n) is 1.85. The van der Waals surface area contributed by atoms with Gasteiger partial charge in [0.05, 0.1) is 23.2 Å². The van der Waals surface area contributed by atoms with Gasteiger partial charge >= 0.3 is 0 Å². The molecule has 1 aromatic carbocycles. The van der Waals surface area contributed by atoms with Gasteiger partial charge in [-0.25, -0.2) is 4.68 Å². The van der Waals surface area contributed by atoms with Crippen molar-refractivity contribution in [3.63, 3.8) is 0 Å².